The molecule has 0 aromatic carbocycles. The molecule has 0 unspecified atom stereocenters. The number of piperidine rings is 1. The van der Waals surface area contributed by atoms with Gasteiger partial charge in [0, 0.05) is 38.8 Å². The molecule has 0 saturated carbocycles. The molecule has 0 bridgehead atoms. The lowest BCUT2D eigenvalue weighted by Gasteiger charge is -2.34. The topological polar surface area (TPSA) is 45.7 Å². The van der Waals surface area contributed by atoms with E-state index in [1.807, 2.05) is 23.2 Å². The Morgan fingerprint density at radius 1 is 1.19 bits per heavy atom. The van der Waals surface area contributed by atoms with Crippen molar-refractivity contribution in [2.45, 2.75) is 19.3 Å². The van der Waals surface area contributed by atoms with Crippen LogP contribution >= 0.6 is 0 Å². The second-order valence-electron chi connectivity index (χ2n) is 5.82. The molecule has 3 heterocycles. The maximum Gasteiger partial charge on any atom is 0.223 e. The number of anilines is 1. The molecule has 21 heavy (non-hydrogen) atoms. The largest absolute Gasteiger partial charge is 0.378 e. The Hall–Kier alpha value is -1.62. The Morgan fingerprint density at radius 3 is 2.62 bits per heavy atom. The first-order valence-electron chi connectivity index (χ1n) is 7.84. The fourth-order valence-electron chi connectivity index (χ4n) is 3.10. The Balaban J connectivity index is 1.46. The molecule has 2 saturated heterocycles. The van der Waals surface area contributed by atoms with Crippen LogP contribution in [0.5, 0.6) is 0 Å². The molecule has 1 aromatic heterocycles. The number of ether oxygens (including phenoxy) is 1. The zero-order chi connectivity index (χ0) is 14.5. The van der Waals surface area contributed by atoms with Gasteiger partial charge < -0.3 is 14.5 Å². The maximum absolute atomic E-state index is 12.3. The molecule has 1 amide bonds. The summed E-state index contributed by atoms with van der Waals surface area (Å²) < 4.78 is 5.30. The Labute approximate surface area is 125 Å². The van der Waals surface area contributed by atoms with E-state index in [4.69, 9.17) is 4.74 Å². The average molecular weight is 289 g/mol. The summed E-state index contributed by atoms with van der Waals surface area (Å²) in [6.45, 7) is 4.88. The van der Waals surface area contributed by atoms with Crippen LogP contribution in [-0.4, -0.2) is 55.2 Å². The van der Waals surface area contributed by atoms with Gasteiger partial charge in [-0.15, -0.1) is 0 Å². The van der Waals surface area contributed by atoms with Crippen LogP contribution in [0.25, 0.3) is 0 Å². The maximum atomic E-state index is 12.3. The molecule has 114 valence electrons. The molecule has 0 atom stereocenters. The fraction of sp³-hybridized carbons (Fsp3) is 0.625. The normalized spacial score (nSPS) is 20.6. The Kier molecular flexibility index (Phi) is 4.70. The molecule has 1 aromatic rings. The summed E-state index contributed by atoms with van der Waals surface area (Å²) >= 11 is 0. The average Bonchev–Trinajstić information content (AvgIpc) is 2.57. The first-order chi connectivity index (χ1) is 10.3. The van der Waals surface area contributed by atoms with Crippen LogP contribution in [0.15, 0.2) is 24.4 Å². The van der Waals surface area contributed by atoms with Crippen LogP contribution in [0.2, 0.25) is 0 Å². The number of rotatable bonds is 3. The highest BCUT2D eigenvalue weighted by Crippen LogP contribution is 2.24. The summed E-state index contributed by atoms with van der Waals surface area (Å²) in [6, 6.07) is 6.02. The third-order valence-electron chi connectivity index (χ3n) is 4.41. The SMILES string of the molecule is O=C(CC1CCN(c2ccccn2)CC1)N1CCOCC1. The third-order valence-corrected chi connectivity index (χ3v) is 4.41. The molecule has 2 aliphatic rings. The van der Waals surface area contributed by atoms with Crippen LogP contribution in [0.1, 0.15) is 19.3 Å². The Bertz CT molecular complexity index is 452. The third kappa shape index (κ3) is 3.73. The zero-order valence-electron chi connectivity index (χ0n) is 12.4. The summed E-state index contributed by atoms with van der Waals surface area (Å²) in [7, 11) is 0. The zero-order valence-corrected chi connectivity index (χ0v) is 12.4. The molecule has 0 spiro atoms. The smallest absolute Gasteiger partial charge is 0.223 e. The highest BCUT2D eigenvalue weighted by molar-refractivity contribution is 5.76. The van der Waals surface area contributed by atoms with Crippen molar-refractivity contribution in [2.24, 2.45) is 5.92 Å². The minimum Gasteiger partial charge on any atom is -0.378 e. The summed E-state index contributed by atoms with van der Waals surface area (Å²) in [5, 5.41) is 0. The number of hydrogen-bond donors (Lipinski definition) is 0. The van der Waals surface area contributed by atoms with Crippen LogP contribution in [0.3, 0.4) is 0 Å². The lowest BCUT2D eigenvalue weighted by Crippen LogP contribution is -2.42. The number of aromatic nitrogens is 1. The molecule has 3 rings (SSSR count). The molecular formula is C16H23N3O2. The van der Waals surface area contributed by atoms with Crippen LogP contribution in [0.4, 0.5) is 5.82 Å². The van der Waals surface area contributed by atoms with Gasteiger partial charge in [0.05, 0.1) is 13.2 Å². The van der Waals surface area contributed by atoms with E-state index in [9.17, 15) is 4.79 Å². The van der Waals surface area contributed by atoms with E-state index in [1.54, 1.807) is 0 Å². The minimum atomic E-state index is 0.301. The summed E-state index contributed by atoms with van der Waals surface area (Å²) in [6.07, 6.45) is 4.68. The van der Waals surface area contributed by atoms with E-state index in [0.29, 0.717) is 31.5 Å². The van der Waals surface area contributed by atoms with E-state index in [1.165, 1.54) is 0 Å². The second-order valence-corrected chi connectivity index (χ2v) is 5.82. The van der Waals surface area contributed by atoms with Crippen LogP contribution in [-0.2, 0) is 9.53 Å². The summed E-state index contributed by atoms with van der Waals surface area (Å²) in [4.78, 5) is 20.9. The van der Waals surface area contributed by atoms with Gasteiger partial charge in [0.2, 0.25) is 5.91 Å². The molecule has 2 fully saturated rings. The lowest BCUT2D eigenvalue weighted by molar-refractivity contribution is -0.136. The molecule has 0 aliphatic carbocycles. The van der Waals surface area contributed by atoms with Crippen molar-refractivity contribution in [1.29, 1.82) is 0 Å². The van der Waals surface area contributed by atoms with Crippen LogP contribution < -0.4 is 4.90 Å². The van der Waals surface area contributed by atoms with Crippen molar-refractivity contribution >= 4 is 11.7 Å². The van der Waals surface area contributed by atoms with Crippen molar-refractivity contribution < 1.29 is 9.53 Å². The van der Waals surface area contributed by atoms with Gasteiger partial charge in [-0.25, -0.2) is 4.98 Å². The van der Waals surface area contributed by atoms with Gasteiger partial charge in [-0.1, -0.05) is 6.07 Å². The van der Waals surface area contributed by atoms with Gasteiger partial charge >= 0.3 is 0 Å². The molecule has 0 N–H and O–H groups in total. The van der Waals surface area contributed by atoms with Gasteiger partial charge in [-0.05, 0) is 30.9 Å². The quantitative estimate of drug-likeness (QED) is 0.847. The second kappa shape index (κ2) is 6.89. The van der Waals surface area contributed by atoms with Crippen LogP contribution in [0, 0.1) is 5.92 Å². The standard InChI is InChI=1S/C16H23N3O2/c20-16(19-9-11-21-12-10-19)13-14-4-7-18(8-5-14)15-3-1-2-6-17-15/h1-3,6,14H,4-5,7-13H2. The number of amides is 1. The number of nitrogens with zero attached hydrogens (tertiary/aromatic N) is 3. The van der Waals surface area contributed by atoms with E-state index in [2.05, 4.69) is 16.0 Å². The predicted octanol–water partition coefficient (Wildman–Crippen LogP) is 1.55. The van der Waals surface area contributed by atoms with E-state index < -0.39 is 0 Å². The number of hydrogen-bond acceptors (Lipinski definition) is 4. The number of morpholine rings is 1. The van der Waals surface area contributed by atoms with Crippen molar-refractivity contribution in [1.82, 2.24) is 9.88 Å². The Morgan fingerprint density at radius 2 is 1.95 bits per heavy atom. The summed E-state index contributed by atoms with van der Waals surface area (Å²) in [5.41, 5.74) is 0. The number of carbonyl (C=O) groups excluding carboxylic acids is 1. The molecule has 5 heteroatoms. The highest BCUT2D eigenvalue weighted by atomic mass is 16.5. The molecule has 0 radical (unpaired) electrons. The molecule has 5 nitrogen and oxygen atoms in total. The molecule has 2 aliphatic heterocycles. The van der Waals surface area contributed by atoms with Gasteiger partial charge in [0.25, 0.3) is 0 Å². The fourth-order valence-corrected chi connectivity index (χ4v) is 3.10. The summed E-state index contributed by atoms with van der Waals surface area (Å²) in [5.74, 6) is 1.87. The first-order valence-corrected chi connectivity index (χ1v) is 7.84. The highest BCUT2D eigenvalue weighted by Gasteiger charge is 2.25. The van der Waals surface area contributed by atoms with Crippen molar-refractivity contribution in [3.63, 3.8) is 0 Å². The number of carbonyl (C=O) groups is 1. The first kappa shape index (κ1) is 14.3. The van der Waals surface area contributed by atoms with Gasteiger partial charge in [0.1, 0.15) is 5.82 Å². The van der Waals surface area contributed by atoms with Crippen molar-refractivity contribution in [2.75, 3.05) is 44.3 Å². The number of pyridine rings is 1. The minimum absolute atomic E-state index is 0.301. The molecular weight excluding hydrogens is 266 g/mol. The van der Waals surface area contributed by atoms with Crippen molar-refractivity contribution in [3.05, 3.63) is 24.4 Å². The lowest BCUT2D eigenvalue weighted by atomic mass is 9.93. The van der Waals surface area contributed by atoms with E-state index in [-0.39, 0.29) is 0 Å². The van der Waals surface area contributed by atoms with Crippen molar-refractivity contribution in [3.8, 4) is 0 Å². The monoisotopic (exact) mass is 289 g/mol. The van der Waals surface area contributed by atoms with E-state index >= 15 is 0 Å². The predicted molar refractivity (Wildman–Crippen MR) is 81.2 cm³/mol. The van der Waals surface area contributed by atoms with Gasteiger partial charge in [0.15, 0.2) is 0 Å². The van der Waals surface area contributed by atoms with Gasteiger partial charge in [-0.3, -0.25) is 4.79 Å². The van der Waals surface area contributed by atoms with Gasteiger partial charge in [-0.2, -0.15) is 0 Å². The van der Waals surface area contributed by atoms with E-state index in [0.717, 1.165) is 44.8 Å².